The summed E-state index contributed by atoms with van der Waals surface area (Å²) in [5, 5.41) is 4.75. The molecule has 5 heteroatoms. The van der Waals surface area contributed by atoms with E-state index >= 15 is 0 Å². The van der Waals surface area contributed by atoms with Gasteiger partial charge in [0.2, 0.25) is 0 Å². The van der Waals surface area contributed by atoms with Gasteiger partial charge in [-0.2, -0.15) is 0 Å². The molecule has 62 heavy (non-hydrogen) atoms. The van der Waals surface area contributed by atoms with Gasteiger partial charge in [0.05, 0.1) is 33.4 Å². The van der Waals surface area contributed by atoms with Crippen molar-refractivity contribution in [2.75, 3.05) is 0 Å². The molecule has 3 aromatic heterocycles. The normalized spacial score (nSPS) is 11.5. The molecule has 12 aromatic rings. The molecule has 0 N–H and O–H groups in total. The van der Waals surface area contributed by atoms with Gasteiger partial charge in [-0.05, 0) is 70.8 Å². The second kappa shape index (κ2) is 14.7. The molecule has 290 valence electrons. The number of para-hydroxylation sites is 4. The maximum atomic E-state index is 5.44. The van der Waals surface area contributed by atoms with Crippen LogP contribution in [0.3, 0.4) is 0 Å². The minimum absolute atomic E-state index is 0.595. The Morgan fingerprint density at radius 1 is 0.242 bits per heavy atom. The van der Waals surface area contributed by atoms with Crippen LogP contribution in [-0.4, -0.2) is 24.1 Å². The Hall–Kier alpha value is -8.41. The van der Waals surface area contributed by atoms with Crippen LogP contribution in [0.1, 0.15) is 0 Å². The van der Waals surface area contributed by atoms with Crippen molar-refractivity contribution < 1.29 is 0 Å². The van der Waals surface area contributed by atoms with Crippen LogP contribution in [0.4, 0.5) is 0 Å². The van der Waals surface area contributed by atoms with E-state index in [1.807, 2.05) is 18.2 Å². The smallest absolute Gasteiger partial charge is 0.166 e. The standard InChI is InChI=1S/C57H37N5/c1-4-18-38(19-5-1)41-32-34-45-43-24-10-14-28-49(43)61(53(45)36-41)51-30-16-12-26-47(51)56-58-55(40-22-8-3-9-23-40)59-57(60-56)48-27-13-17-31-52(48)62-50-29-15-11-25-44(50)46-35-33-42(37-54(46)62)39-20-6-2-7-21-39/h1-37H. The van der Waals surface area contributed by atoms with Crippen LogP contribution >= 0.6 is 0 Å². The molecule has 0 saturated carbocycles. The molecule has 0 bridgehead atoms. The molecule has 0 aliphatic heterocycles. The maximum absolute atomic E-state index is 5.44. The molecule has 0 atom stereocenters. The summed E-state index contributed by atoms with van der Waals surface area (Å²) in [5.74, 6) is 1.80. The van der Waals surface area contributed by atoms with Crippen molar-refractivity contribution in [1.82, 2.24) is 24.1 Å². The summed E-state index contributed by atoms with van der Waals surface area (Å²) in [4.78, 5) is 16.0. The van der Waals surface area contributed by atoms with E-state index in [4.69, 9.17) is 15.0 Å². The van der Waals surface area contributed by atoms with E-state index in [0.717, 1.165) is 61.3 Å². The summed E-state index contributed by atoms with van der Waals surface area (Å²) in [6.07, 6.45) is 0. The van der Waals surface area contributed by atoms with Crippen molar-refractivity contribution in [1.29, 1.82) is 0 Å². The highest BCUT2D eigenvalue weighted by molar-refractivity contribution is 6.12. The number of rotatable bonds is 7. The number of hydrogen-bond donors (Lipinski definition) is 0. The lowest BCUT2D eigenvalue weighted by molar-refractivity contribution is 1.06. The Morgan fingerprint density at radius 2 is 0.597 bits per heavy atom. The van der Waals surface area contributed by atoms with Gasteiger partial charge < -0.3 is 9.13 Å². The first-order valence-electron chi connectivity index (χ1n) is 21.0. The summed E-state index contributed by atoms with van der Waals surface area (Å²) < 4.78 is 4.74. The molecule has 0 aliphatic rings. The molecule has 12 rings (SSSR count). The highest BCUT2D eigenvalue weighted by Gasteiger charge is 2.22. The van der Waals surface area contributed by atoms with Crippen molar-refractivity contribution in [2.45, 2.75) is 0 Å². The molecular weight excluding hydrogens is 755 g/mol. The van der Waals surface area contributed by atoms with E-state index in [1.165, 1.54) is 32.7 Å². The fourth-order valence-corrected chi connectivity index (χ4v) is 9.13. The van der Waals surface area contributed by atoms with Gasteiger partial charge >= 0.3 is 0 Å². The van der Waals surface area contributed by atoms with Gasteiger partial charge in [-0.1, -0.05) is 176 Å². The van der Waals surface area contributed by atoms with Crippen LogP contribution in [0, 0.1) is 0 Å². The van der Waals surface area contributed by atoms with Gasteiger partial charge in [0.1, 0.15) is 0 Å². The van der Waals surface area contributed by atoms with E-state index in [9.17, 15) is 0 Å². The van der Waals surface area contributed by atoms with Crippen molar-refractivity contribution >= 4 is 43.6 Å². The van der Waals surface area contributed by atoms with Crippen LogP contribution in [0.2, 0.25) is 0 Å². The van der Waals surface area contributed by atoms with E-state index in [2.05, 4.69) is 215 Å². The van der Waals surface area contributed by atoms with Crippen molar-refractivity contribution in [3.05, 3.63) is 224 Å². The van der Waals surface area contributed by atoms with Crippen LogP contribution in [0.15, 0.2) is 224 Å². The van der Waals surface area contributed by atoms with Gasteiger partial charge in [0, 0.05) is 38.2 Å². The average molecular weight is 792 g/mol. The minimum atomic E-state index is 0.595. The topological polar surface area (TPSA) is 48.5 Å². The first-order chi connectivity index (χ1) is 30.8. The van der Waals surface area contributed by atoms with Gasteiger partial charge in [-0.3, -0.25) is 0 Å². The zero-order valence-corrected chi connectivity index (χ0v) is 33.6. The highest BCUT2D eigenvalue weighted by atomic mass is 15.1. The molecule has 0 unspecified atom stereocenters. The number of benzene rings is 9. The summed E-state index contributed by atoms with van der Waals surface area (Å²) in [7, 11) is 0. The monoisotopic (exact) mass is 791 g/mol. The van der Waals surface area contributed by atoms with Gasteiger partial charge in [0.25, 0.3) is 0 Å². The van der Waals surface area contributed by atoms with Crippen molar-refractivity contribution in [3.63, 3.8) is 0 Å². The summed E-state index contributed by atoms with van der Waals surface area (Å²) >= 11 is 0. The van der Waals surface area contributed by atoms with Gasteiger partial charge in [-0.15, -0.1) is 0 Å². The zero-order valence-electron chi connectivity index (χ0n) is 33.6. The van der Waals surface area contributed by atoms with E-state index in [1.54, 1.807) is 0 Å². The van der Waals surface area contributed by atoms with Gasteiger partial charge in [-0.25, -0.2) is 15.0 Å². The highest BCUT2D eigenvalue weighted by Crippen LogP contribution is 2.40. The van der Waals surface area contributed by atoms with Crippen molar-refractivity contribution in [2.24, 2.45) is 0 Å². The Morgan fingerprint density at radius 3 is 1.06 bits per heavy atom. The minimum Gasteiger partial charge on any atom is -0.308 e. The fraction of sp³-hybridized carbons (Fsp3) is 0. The lowest BCUT2D eigenvalue weighted by atomic mass is 10.0. The fourth-order valence-electron chi connectivity index (χ4n) is 9.13. The van der Waals surface area contributed by atoms with Crippen LogP contribution < -0.4 is 0 Å². The number of nitrogens with zero attached hydrogens (tertiary/aromatic N) is 5. The maximum Gasteiger partial charge on any atom is 0.166 e. The number of aromatic nitrogens is 5. The van der Waals surface area contributed by atoms with Crippen LogP contribution in [0.5, 0.6) is 0 Å². The first-order valence-corrected chi connectivity index (χ1v) is 21.0. The van der Waals surface area contributed by atoms with Crippen LogP contribution in [0.25, 0.3) is 111 Å². The molecule has 0 spiro atoms. The molecule has 0 radical (unpaired) electrons. The molecule has 9 aromatic carbocycles. The molecule has 5 nitrogen and oxygen atoms in total. The summed E-state index contributed by atoms with van der Waals surface area (Å²) in [5.41, 5.74) is 13.8. The Bertz CT molecular complexity index is 3410. The Balaban J connectivity index is 1.10. The largest absolute Gasteiger partial charge is 0.308 e. The molecule has 0 fully saturated rings. The van der Waals surface area contributed by atoms with Crippen LogP contribution in [-0.2, 0) is 0 Å². The second-order valence-electron chi connectivity index (χ2n) is 15.6. The first kappa shape index (κ1) is 35.5. The van der Waals surface area contributed by atoms with E-state index in [0.29, 0.717) is 17.5 Å². The molecule has 3 heterocycles. The summed E-state index contributed by atoms with van der Waals surface area (Å²) in [6, 6.07) is 79.2. The quantitative estimate of drug-likeness (QED) is 0.162. The summed E-state index contributed by atoms with van der Waals surface area (Å²) in [6.45, 7) is 0. The molecule has 0 amide bonds. The average Bonchev–Trinajstić information content (AvgIpc) is 3.86. The second-order valence-corrected chi connectivity index (χ2v) is 15.6. The third kappa shape index (κ3) is 5.90. The molecular formula is C57H37N5. The zero-order chi connectivity index (χ0) is 41.0. The SMILES string of the molecule is c1ccc(-c2ccc3c4ccccc4n(-c4ccccc4-c4nc(-c5ccccc5)nc(-c5ccccc5-n5c6ccccc6c6ccc(-c7ccccc7)cc65)n4)c3c2)cc1. The number of hydrogen-bond acceptors (Lipinski definition) is 3. The number of fused-ring (bicyclic) bond motifs is 6. The third-order valence-electron chi connectivity index (χ3n) is 12.0. The van der Waals surface area contributed by atoms with Crippen molar-refractivity contribution in [3.8, 4) is 67.8 Å². The van der Waals surface area contributed by atoms with E-state index < -0.39 is 0 Å². The predicted octanol–water partition coefficient (Wildman–Crippen LogP) is 14.4. The third-order valence-corrected chi connectivity index (χ3v) is 12.0. The predicted molar refractivity (Wildman–Crippen MR) is 256 cm³/mol. The lowest BCUT2D eigenvalue weighted by Gasteiger charge is -2.16. The molecule has 0 saturated heterocycles. The van der Waals surface area contributed by atoms with E-state index in [-0.39, 0.29) is 0 Å². The van der Waals surface area contributed by atoms with Gasteiger partial charge in [0.15, 0.2) is 17.5 Å². The molecule has 0 aliphatic carbocycles. The Kier molecular flexibility index (Phi) is 8.42. The lowest BCUT2D eigenvalue weighted by Crippen LogP contribution is -2.05. The Labute approximate surface area is 358 Å².